The van der Waals surface area contributed by atoms with Crippen LogP contribution in [0.4, 0.5) is 4.39 Å². The summed E-state index contributed by atoms with van der Waals surface area (Å²) < 4.78 is 13.3. The fourth-order valence-corrected chi connectivity index (χ4v) is 4.68. The van der Waals surface area contributed by atoms with E-state index in [0.717, 1.165) is 29.0 Å². The second kappa shape index (κ2) is 8.41. The third-order valence-corrected chi connectivity index (χ3v) is 6.38. The molecule has 5 nitrogen and oxygen atoms in total. The van der Waals surface area contributed by atoms with E-state index in [1.807, 2.05) is 28.5 Å². The van der Waals surface area contributed by atoms with E-state index in [1.165, 1.54) is 12.1 Å². The Bertz CT molecular complexity index is 847. The maximum atomic E-state index is 13.3. The largest absolute Gasteiger partial charge is 0.387 e. The van der Waals surface area contributed by atoms with E-state index in [0.29, 0.717) is 25.9 Å². The molecule has 7 heteroatoms. The summed E-state index contributed by atoms with van der Waals surface area (Å²) in [7, 11) is 0. The van der Waals surface area contributed by atoms with Crippen molar-refractivity contribution in [3.05, 3.63) is 58.0 Å². The van der Waals surface area contributed by atoms with Gasteiger partial charge in [-0.05, 0) is 47.9 Å². The lowest BCUT2D eigenvalue weighted by Crippen LogP contribution is -2.44. The normalized spacial score (nSPS) is 21.3. The first-order valence-corrected chi connectivity index (χ1v) is 10.4. The minimum absolute atomic E-state index is 0.0537. The van der Waals surface area contributed by atoms with Gasteiger partial charge in [0.15, 0.2) is 0 Å². The van der Waals surface area contributed by atoms with Crippen LogP contribution >= 0.6 is 11.3 Å². The van der Waals surface area contributed by atoms with E-state index < -0.39 is 12.2 Å². The van der Waals surface area contributed by atoms with Crippen molar-refractivity contribution in [1.82, 2.24) is 4.90 Å². The number of thiophene rings is 1. The van der Waals surface area contributed by atoms with Gasteiger partial charge < -0.3 is 14.8 Å². The molecule has 2 aliphatic heterocycles. The molecule has 3 heterocycles. The smallest absolute Gasteiger partial charge is 0.266 e. The number of benzene rings is 1. The molecule has 0 bridgehead atoms. The van der Waals surface area contributed by atoms with E-state index in [2.05, 4.69) is 5.16 Å². The van der Waals surface area contributed by atoms with Gasteiger partial charge in [0.25, 0.3) is 5.91 Å². The minimum Gasteiger partial charge on any atom is -0.387 e. The fourth-order valence-electron chi connectivity index (χ4n) is 3.88. The fraction of sp³-hybridized carbons (Fsp3) is 0.429. The van der Waals surface area contributed by atoms with Gasteiger partial charge >= 0.3 is 0 Å². The molecule has 0 saturated carbocycles. The molecule has 1 amide bonds. The van der Waals surface area contributed by atoms with Crippen LogP contribution in [0, 0.1) is 11.7 Å². The van der Waals surface area contributed by atoms with Crippen molar-refractivity contribution in [2.45, 2.75) is 37.9 Å². The number of piperidine rings is 1. The standard InChI is InChI=1S/C21H23FN2O3S/c22-16-4-1-3-14(11-16)12-17-13-18(27-23-17)21(26)24-8-6-15(7-9-24)20(25)19-5-2-10-28-19/h1-5,10-11,15,18,20,25H,6-9,12-13H2/t18-,20-/m1/s1. The summed E-state index contributed by atoms with van der Waals surface area (Å²) in [5.74, 6) is -0.161. The Morgan fingerprint density at radius 3 is 2.86 bits per heavy atom. The van der Waals surface area contributed by atoms with Gasteiger partial charge in [-0.2, -0.15) is 0 Å². The Morgan fingerprint density at radius 1 is 1.32 bits per heavy atom. The molecule has 0 spiro atoms. The number of rotatable bonds is 5. The first-order chi connectivity index (χ1) is 13.6. The first kappa shape index (κ1) is 19.1. The second-order valence-electron chi connectivity index (χ2n) is 7.39. The van der Waals surface area contributed by atoms with Gasteiger partial charge in [-0.1, -0.05) is 23.4 Å². The molecule has 148 valence electrons. The second-order valence-corrected chi connectivity index (χ2v) is 8.36. The Labute approximate surface area is 167 Å². The minimum atomic E-state index is -0.595. The van der Waals surface area contributed by atoms with Crippen molar-refractivity contribution in [3.8, 4) is 0 Å². The lowest BCUT2D eigenvalue weighted by Gasteiger charge is -2.34. The van der Waals surface area contributed by atoms with Gasteiger partial charge in [-0.15, -0.1) is 11.3 Å². The molecule has 0 radical (unpaired) electrons. The number of hydrogen-bond acceptors (Lipinski definition) is 5. The van der Waals surface area contributed by atoms with Crippen LogP contribution in [0.1, 0.15) is 35.8 Å². The van der Waals surface area contributed by atoms with Crippen molar-refractivity contribution in [2.24, 2.45) is 11.1 Å². The van der Waals surface area contributed by atoms with Gasteiger partial charge in [0, 0.05) is 30.8 Å². The SMILES string of the molecule is O=C([C@H]1CC(Cc2cccc(F)c2)=NO1)N1CCC([C@@H](O)c2cccs2)CC1. The molecular formula is C21H23FN2O3S. The number of likely N-dealkylation sites (tertiary alicyclic amines) is 1. The molecule has 2 aromatic rings. The highest BCUT2D eigenvalue weighted by Gasteiger charge is 2.35. The van der Waals surface area contributed by atoms with Gasteiger partial charge in [0.2, 0.25) is 6.10 Å². The number of halogens is 1. The summed E-state index contributed by atoms with van der Waals surface area (Å²) in [4.78, 5) is 20.9. The molecule has 2 atom stereocenters. The Balaban J connectivity index is 1.27. The molecule has 1 aromatic carbocycles. The van der Waals surface area contributed by atoms with Crippen molar-refractivity contribution >= 4 is 23.0 Å². The van der Waals surface area contributed by atoms with Gasteiger partial charge in [0.1, 0.15) is 5.82 Å². The Hall–Kier alpha value is -2.25. The number of aliphatic hydroxyl groups excluding tert-OH is 1. The summed E-state index contributed by atoms with van der Waals surface area (Å²) in [5.41, 5.74) is 1.57. The topological polar surface area (TPSA) is 62.1 Å². The number of carbonyl (C=O) groups excluding carboxylic acids is 1. The molecular weight excluding hydrogens is 379 g/mol. The molecule has 1 N–H and O–H groups in total. The molecule has 1 aromatic heterocycles. The average molecular weight is 402 g/mol. The quantitative estimate of drug-likeness (QED) is 0.832. The van der Waals surface area contributed by atoms with E-state index >= 15 is 0 Å². The summed E-state index contributed by atoms with van der Waals surface area (Å²) >= 11 is 1.56. The zero-order valence-electron chi connectivity index (χ0n) is 15.5. The molecule has 4 rings (SSSR count). The monoisotopic (exact) mass is 402 g/mol. The van der Waals surface area contributed by atoms with E-state index in [-0.39, 0.29) is 17.6 Å². The number of nitrogens with zero attached hydrogens (tertiary/aromatic N) is 2. The van der Waals surface area contributed by atoms with Crippen LogP contribution in [0.25, 0.3) is 0 Å². The van der Waals surface area contributed by atoms with E-state index in [4.69, 9.17) is 4.84 Å². The van der Waals surface area contributed by atoms with Crippen LogP contribution in [0.3, 0.4) is 0 Å². The molecule has 0 unspecified atom stereocenters. The van der Waals surface area contributed by atoms with Crippen molar-refractivity contribution in [2.75, 3.05) is 13.1 Å². The van der Waals surface area contributed by atoms with Crippen LogP contribution in [0.15, 0.2) is 46.9 Å². The van der Waals surface area contributed by atoms with Crippen LogP contribution < -0.4 is 0 Å². The third kappa shape index (κ3) is 4.25. The maximum absolute atomic E-state index is 13.3. The zero-order valence-corrected chi connectivity index (χ0v) is 16.3. The lowest BCUT2D eigenvalue weighted by molar-refractivity contribution is -0.144. The summed E-state index contributed by atoms with van der Waals surface area (Å²) in [5, 5.41) is 16.5. The number of oxime groups is 1. The van der Waals surface area contributed by atoms with Crippen molar-refractivity contribution < 1.29 is 19.1 Å². The molecule has 1 fully saturated rings. The predicted molar refractivity (Wildman–Crippen MR) is 106 cm³/mol. The van der Waals surface area contributed by atoms with Crippen LogP contribution in [0.2, 0.25) is 0 Å². The molecule has 1 saturated heterocycles. The number of amides is 1. The predicted octanol–water partition coefficient (Wildman–Crippen LogP) is 3.55. The van der Waals surface area contributed by atoms with Gasteiger partial charge in [-0.3, -0.25) is 4.79 Å². The highest BCUT2D eigenvalue weighted by atomic mass is 32.1. The van der Waals surface area contributed by atoms with Crippen molar-refractivity contribution in [3.63, 3.8) is 0 Å². The van der Waals surface area contributed by atoms with Crippen LogP contribution in [0.5, 0.6) is 0 Å². The summed E-state index contributed by atoms with van der Waals surface area (Å²) in [6, 6.07) is 10.3. The van der Waals surface area contributed by atoms with Crippen LogP contribution in [-0.4, -0.2) is 40.8 Å². The van der Waals surface area contributed by atoms with Crippen LogP contribution in [-0.2, 0) is 16.1 Å². The summed E-state index contributed by atoms with van der Waals surface area (Å²) in [6.45, 7) is 1.23. The number of aliphatic hydroxyl groups is 1. The lowest BCUT2D eigenvalue weighted by atomic mass is 9.90. The highest BCUT2D eigenvalue weighted by molar-refractivity contribution is 7.10. The van der Waals surface area contributed by atoms with Gasteiger partial charge in [0.05, 0.1) is 11.8 Å². The zero-order chi connectivity index (χ0) is 19.5. The summed E-state index contributed by atoms with van der Waals surface area (Å²) in [6.07, 6.45) is 1.41. The van der Waals surface area contributed by atoms with Crippen molar-refractivity contribution in [1.29, 1.82) is 0 Å². The maximum Gasteiger partial charge on any atom is 0.266 e. The number of carbonyl (C=O) groups is 1. The highest BCUT2D eigenvalue weighted by Crippen LogP contribution is 2.33. The Kier molecular flexibility index (Phi) is 5.73. The molecule has 28 heavy (non-hydrogen) atoms. The van der Waals surface area contributed by atoms with E-state index in [1.54, 1.807) is 17.4 Å². The van der Waals surface area contributed by atoms with Gasteiger partial charge in [-0.25, -0.2) is 4.39 Å². The number of hydrogen-bond donors (Lipinski definition) is 1. The third-order valence-electron chi connectivity index (χ3n) is 5.44. The van der Waals surface area contributed by atoms with E-state index in [9.17, 15) is 14.3 Å². The first-order valence-electron chi connectivity index (χ1n) is 9.56. The molecule has 2 aliphatic rings. The average Bonchev–Trinajstić information content (AvgIpc) is 3.39. The Morgan fingerprint density at radius 2 is 2.14 bits per heavy atom. The molecule has 0 aliphatic carbocycles.